The second-order valence-corrected chi connectivity index (χ2v) is 11.3. The number of hydrogen-bond donors (Lipinski definition) is 1. The Morgan fingerprint density at radius 1 is 1.10 bits per heavy atom. The van der Waals surface area contributed by atoms with E-state index in [1.165, 1.54) is 44.1 Å². The summed E-state index contributed by atoms with van der Waals surface area (Å²) in [7, 11) is 2.10. The van der Waals surface area contributed by atoms with E-state index < -0.39 is 0 Å². The van der Waals surface area contributed by atoms with Crippen molar-refractivity contribution in [3.8, 4) is 0 Å². The third-order valence-electron chi connectivity index (χ3n) is 9.48. The van der Waals surface area contributed by atoms with Crippen molar-refractivity contribution in [1.82, 2.24) is 10.2 Å². The SMILES string of the molecule is C=C(/C=C\C=C/C)[C@]12CC3(C(=O)N(C)C4CCNCC4)CCC1CC[C@@](CCC)(C3)C2. The van der Waals surface area contributed by atoms with Crippen LogP contribution in [0.2, 0.25) is 0 Å². The predicted octanol–water partition coefficient (Wildman–Crippen LogP) is 6.03. The molecule has 0 aromatic carbocycles. The highest BCUT2D eigenvalue weighted by Crippen LogP contribution is 2.72. The molecule has 1 aliphatic heterocycles. The van der Waals surface area contributed by atoms with Gasteiger partial charge in [0.15, 0.2) is 0 Å². The molecule has 0 radical (unpaired) electrons. The van der Waals surface area contributed by atoms with Gasteiger partial charge in [0.1, 0.15) is 0 Å². The average molecular weight is 425 g/mol. The number of carbonyl (C=O) groups excluding carboxylic acids is 1. The summed E-state index contributed by atoms with van der Waals surface area (Å²) in [6.45, 7) is 11.1. The van der Waals surface area contributed by atoms with Gasteiger partial charge in [-0.05, 0) is 107 Å². The third-order valence-corrected chi connectivity index (χ3v) is 9.48. The second kappa shape index (κ2) is 8.89. The van der Waals surface area contributed by atoms with Crippen LogP contribution in [0.5, 0.6) is 0 Å². The van der Waals surface area contributed by atoms with Crippen molar-refractivity contribution < 1.29 is 4.79 Å². The van der Waals surface area contributed by atoms with Gasteiger partial charge in [0.2, 0.25) is 5.91 Å². The maximum Gasteiger partial charge on any atom is 0.228 e. The fraction of sp³-hybridized carbons (Fsp3) is 0.750. The Kier molecular flexibility index (Phi) is 6.54. The van der Waals surface area contributed by atoms with Crippen LogP contribution < -0.4 is 5.32 Å². The highest BCUT2D eigenvalue weighted by molar-refractivity contribution is 5.83. The normalized spacial score (nSPS) is 38.1. The van der Waals surface area contributed by atoms with Crippen LogP contribution in [-0.4, -0.2) is 37.0 Å². The van der Waals surface area contributed by atoms with E-state index in [1.807, 2.05) is 0 Å². The summed E-state index contributed by atoms with van der Waals surface area (Å²) >= 11 is 0. The van der Waals surface area contributed by atoms with Gasteiger partial charge in [-0.15, -0.1) is 0 Å². The fourth-order valence-corrected chi connectivity index (χ4v) is 8.21. The minimum absolute atomic E-state index is 0.118. The first kappa shape index (κ1) is 22.8. The summed E-state index contributed by atoms with van der Waals surface area (Å²) in [5, 5.41) is 3.46. The predicted molar refractivity (Wildman–Crippen MR) is 130 cm³/mol. The lowest BCUT2D eigenvalue weighted by Gasteiger charge is -2.66. The average Bonchev–Trinajstić information content (AvgIpc) is 2.77. The summed E-state index contributed by atoms with van der Waals surface area (Å²) in [6.07, 6.45) is 21.6. The minimum atomic E-state index is -0.179. The topological polar surface area (TPSA) is 32.3 Å². The van der Waals surface area contributed by atoms with Crippen LogP contribution in [-0.2, 0) is 4.79 Å². The molecule has 31 heavy (non-hydrogen) atoms. The van der Waals surface area contributed by atoms with Gasteiger partial charge in [0.25, 0.3) is 0 Å². The summed E-state index contributed by atoms with van der Waals surface area (Å²) in [4.78, 5) is 16.4. The van der Waals surface area contributed by atoms with Crippen molar-refractivity contribution in [1.29, 1.82) is 0 Å². The first-order valence-corrected chi connectivity index (χ1v) is 12.9. The molecule has 1 saturated heterocycles. The highest BCUT2D eigenvalue weighted by atomic mass is 16.2. The Labute approximate surface area is 190 Å². The Bertz CT molecular complexity index is 748. The Balaban J connectivity index is 1.69. The summed E-state index contributed by atoms with van der Waals surface area (Å²) < 4.78 is 0. The summed E-state index contributed by atoms with van der Waals surface area (Å²) in [5.74, 6) is 1.15. The van der Waals surface area contributed by atoms with Crippen LogP contribution in [0.1, 0.15) is 84.5 Å². The number of piperidine rings is 1. The Morgan fingerprint density at radius 2 is 1.84 bits per heavy atom. The van der Waals surface area contributed by atoms with Gasteiger partial charge in [-0.2, -0.15) is 0 Å². The molecule has 4 rings (SSSR count). The van der Waals surface area contributed by atoms with E-state index in [0.717, 1.165) is 45.2 Å². The standard InChI is InChI=1S/C28H44N2O/c1-5-7-8-9-22(3)28-20-26(14-6-2)15-10-23(28)11-16-27(19-26,21-28)25(31)30(4)24-12-17-29-18-13-24/h5,7-9,23-24,29H,3,6,10-21H2,1-2,4H3/b7-5-,9-8-/t23?,26-,27?,28-/m0/s1. The van der Waals surface area contributed by atoms with E-state index in [-0.39, 0.29) is 10.8 Å². The number of fused-ring (bicyclic) bond motifs is 2. The van der Waals surface area contributed by atoms with Crippen LogP contribution in [0, 0.1) is 22.2 Å². The Hall–Kier alpha value is -1.35. The van der Waals surface area contributed by atoms with E-state index in [2.05, 4.69) is 62.0 Å². The Morgan fingerprint density at radius 3 is 2.55 bits per heavy atom. The van der Waals surface area contributed by atoms with Crippen molar-refractivity contribution in [2.24, 2.45) is 22.2 Å². The fourth-order valence-electron chi connectivity index (χ4n) is 8.21. The number of rotatable bonds is 7. The molecule has 3 aliphatic carbocycles. The van der Waals surface area contributed by atoms with Gasteiger partial charge in [0.05, 0.1) is 5.41 Å². The van der Waals surface area contributed by atoms with E-state index in [4.69, 9.17) is 0 Å². The van der Waals surface area contributed by atoms with Gasteiger partial charge in [-0.3, -0.25) is 4.79 Å². The number of carbonyl (C=O) groups is 1. The first-order valence-electron chi connectivity index (χ1n) is 12.9. The maximum atomic E-state index is 14.2. The zero-order chi connectivity index (χ0) is 22.1. The van der Waals surface area contributed by atoms with Crippen molar-refractivity contribution >= 4 is 5.91 Å². The zero-order valence-electron chi connectivity index (χ0n) is 20.2. The number of nitrogens with zero attached hydrogens (tertiary/aromatic N) is 1. The van der Waals surface area contributed by atoms with Crippen molar-refractivity contribution in [3.05, 3.63) is 36.5 Å². The third kappa shape index (κ3) is 3.96. The molecule has 172 valence electrons. The molecule has 4 fully saturated rings. The molecule has 3 bridgehead atoms. The molecule has 3 nitrogen and oxygen atoms in total. The quantitative estimate of drug-likeness (QED) is 0.506. The lowest BCUT2D eigenvalue weighted by atomic mass is 9.38. The lowest BCUT2D eigenvalue weighted by Crippen LogP contribution is -2.61. The molecule has 4 atom stereocenters. The number of hydrogen-bond acceptors (Lipinski definition) is 2. The minimum Gasteiger partial charge on any atom is -0.342 e. The van der Waals surface area contributed by atoms with Gasteiger partial charge < -0.3 is 10.2 Å². The van der Waals surface area contributed by atoms with Crippen LogP contribution in [0.3, 0.4) is 0 Å². The van der Waals surface area contributed by atoms with E-state index in [9.17, 15) is 4.79 Å². The maximum absolute atomic E-state index is 14.2. The molecule has 1 heterocycles. The van der Waals surface area contributed by atoms with Gasteiger partial charge in [-0.1, -0.05) is 44.2 Å². The molecule has 2 unspecified atom stereocenters. The van der Waals surface area contributed by atoms with Crippen LogP contribution in [0.15, 0.2) is 36.5 Å². The molecule has 4 aliphatic rings. The van der Waals surface area contributed by atoms with E-state index >= 15 is 0 Å². The largest absolute Gasteiger partial charge is 0.342 e. The van der Waals surface area contributed by atoms with Crippen LogP contribution in [0.4, 0.5) is 0 Å². The summed E-state index contributed by atoms with van der Waals surface area (Å²) in [6, 6.07) is 0.401. The molecule has 1 amide bonds. The highest BCUT2D eigenvalue weighted by Gasteiger charge is 2.65. The molecular formula is C28H44N2O. The summed E-state index contributed by atoms with van der Waals surface area (Å²) in [5.41, 5.74) is 1.55. The number of amides is 1. The van der Waals surface area contributed by atoms with E-state index in [1.54, 1.807) is 0 Å². The van der Waals surface area contributed by atoms with Crippen molar-refractivity contribution in [3.63, 3.8) is 0 Å². The molecule has 0 aromatic rings. The molecule has 0 aromatic heterocycles. The molecule has 0 spiro atoms. The molecule has 3 saturated carbocycles. The zero-order valence-corrected chi connectivity index (χ0v) is 20.2. The number of nitrogens with one attached hydrogen (secondary N) is 1. The van der Waals surface area contributed by atoms with Crippen molar-refractivity contribution in [2.45, 2.75) is 90.5 Å². The molecule has 3 heteroatoms. The van der Waals surface area contributed by atoms with Crippen LogP contribution >= 0.6 is 0 Å². The lowest BCUT2D eigenvalue weighted by molar-refractivity contribution is -0.174. The van der Waals surface area contributed by atoms with Crippen LogP contribution in [0.25, 0.3) is 0 Å². The van der Waals surface area contributed by atoms with E-state index in [0.29, 0.717) is 23.3 Å². The first-order chi connectivity index (χ1) is 14.9. The van der Waals surface area contributed by atoms with Gasteiger partial charge >= 0.3 is 0 Å². The smallest absolute Gasteiger partial charge is 0.228 e. The molecule has 1 N–H and O–H groups in total. The monoisotopic (exact) mass is 424 g/mol. The molecular weight excluding hydrogens is 380 g/mol. The van der Waals surface area contributed by atoms with Gasteiger partial charge in [-0.25, -0.2) is 0 Å². The second-order valence-electron chi connectivity index (χ2n) is 11.3. The van der Waals surface area contributed by atoms with Crippen molar-refractivity contribution in [2.75, 3.05) is 20.1 Å². The number of allylic oxidation sites excluding steroid dienone is 5. The van der Waals surface area contributed by atoms with Gasteiger partial charge in [0, 0.05) is 13.1 Å².